The van der Waals surface area contributed by atoms with E-state index in [1.54, 1.807) is 11.3 Å². The molecule has 1 heterocycles. The fourth-order valence-corrected chi connectivity index (χ4v) is 2.25. The Morgan fingerprint density at radius 1 is 1.42 bits per heavy atom. The van der Waals surface area contributed by atoms with Gasteiger partial charge in [-0.25, -0.2) is 4.39 Å². The third kappa shape index (κ3) is 4.22. The molecule has 100 valence electrons. The standard InChI is InChI=1S/C13H11ClFNO2S/c14-11-6-9(15)3-4-12(11)18-8-13(17)16-7-10-2-1-5-19-10/h1-6H,7-8H2,(H,16,17). The first-order valence-electron chi connectivity index (χ1n) is 5.52. The van der Waals surface area contributed by atoms with Crippen molar-refractivity contribution in [2.75, 3.05) is 6.61 Å². The van der Waals surface area contributed by atoms with Gasteiger partial charge in [-0.2, -0.15) is 0 Å². The lowest BCUT2D eigenvalue weighted by molar-refractivity contribution is -0.123. The van der Waals surface area contributed by atoms with E-state index in [9.17, 15) is 9.18 Å². The topological polar surface area (TPSA) is 38.3 Å². The molecule has 0 fully saturated rings. The molecule has 0 aliphatic carbocycles. The molecule has 0 radical (unpaired) electrons. The number of thiophene rings is 1. The second-order valence-corrected chi connectivity index (χ2v) is 5.16. The van der Waals surface area contributed by atoms with Crippen LogP contribution in [0.3, 0.4) is 0 Å². The SMILES string of the molecule is O=C(COc1ccc(F)cc1Cl)NCc1cccs1. The number of ether oxygens (including phenoxy) is 1. The van der Waals surface area contributed by atoms with Crippen LogP contribution in [0.4, 0.5) is 4.39 Å². The molecule has 0 atom stereocenters. The highest BCUT2D eigenvalue weighted by Crippen LogP contribution is 2.24. The Morgan fingerprint density at radius 3 is 2.95 bits per heavy atom. The van der Waals surface area contributed by atoms with Gasteiger partial charge >= 0.3 is 0 Å². The molecule has 0 aliphatic heterocycles. The Balaban J connectivity index is 1.80. The monoisotopic (exact) mass is 299 g/mol. The van der Waals surface area contributed by atoms with Crippen molar-refractivity contribution in [2.24, 2.45) is 0 Å². The number of hydrogen-bond donors (Lipinski definition) is 1. The van der Waals surface area contributed by atoms with Crippen LogP contribution >= 0.6 is 22.9 Å². The number of amides is 1. The number of benzene rings is 1. The van der Waals surface area contributed by atoms with Gasteiger partial charge in [0, 0.05) is 4.88 Å². The summed E-state index contributed by atoms with van der Waals surface area (Å²) in [6.45, 7) is 0.313. The molecule has 1 aromatic carbocycles. The maximum absolute atomic E-state index is 12.8. The van der Waals surface area contributed by atoms with Crippen molar-refractivity contribution in [2.45, 2.75) is 6.54 Å². The highest BCUT2D eigenvalue weighted by atomic mass is 35.5. The number of rotatable bonds is 5. The summed E-state index contributed by atoms with van der Waals surface area (Å²) in [5.41, 5.74) is 0. The van der Waals surface area contributed by atoms with E-state index in [4.69, 9.17) is 16.3 Å². The Morgan fingerprint density at radius 2 is 2.26 bits per heavy atom. The molecule has 2 rings (SSSR count). The molecule has 19 heavy (non-hydrogen) atoms. The van der Waals surface area contributed by atoms with Crippen LogP contribution in [0.1, 0.15) is 4.88 Å². The van der Waals surface area contributed by atoms with Crippen LogP contribution in [0.5, 0.6) is 5.75 Å². The van der Waals surface area contributed by atoms with E-state index in [-0.39, 0.29) is 23.3 Å². The van der Waals surface area contributed by atoms with E-state index in [1.165, 1.54) is 12.1 Å². The normalized spacial score (nSPS) is 10.2. The molecular formula is C13H11ClFNO2S. The predicted octanol–water partition coefficient (Wildman–Crippen LogP) is 3.24. The molecule has 0 unspecified atom stereocenters. The molecule has 0 bridgehead atoms. The molecule has 0 saturated carbocycles. The van der Waals surface area contributed by atoms with Crippen LogP contribution in [0.2, 0.25) is 5.02 Å². The zero-order valence-corrected chi connectivity index (χ0v) is 11.4. The summed E-state index contributed by atoms with van der Waals surface area (Å²) in [6.07, 6.45) is 0. The number of halogens is 2. The van der Waals surface area contributed by atoms with Crippen LogP contribution in [-0.4, -0.2) is 12.5 Å². The van der Waals surface area contributed by atoms with Gasteiger partial charge in [-0.3, -0.25) is 4.79 Å². The Labute approximate surface area is 119 Å². The Bertz CT molecular complexity index is 560. The van der Waals surface area contributed by atoms with Gasteiger partial charge in [-0.05, 0) is 29.6 Å². The number of carbonyl (C=O) groups is 1. The zero-order valence-electron chi connectivity index (χ0n) is 9.86. The fourth-order valence-electron chi connectivity index (χ4n) is 1.39. The van der Waals surface area contributed by atoms with Gasteiger partial charge in [-0.1, -0.05) is 17.7 Å². The van der Waals surface area contributed by atoms with Gasteiger partial charge in [0.05, 0.1) is 11.6 Å². The van der Waals surface area contributed by atoms with Gasteiger partial charge in [0.15, 0.2) is 6.61 Å². The van der Waals surface area contributed by atoms with Gasteiger partial charge in [-0.15, -0.1) is 11.3 Å². The predicted molar refractivity (Wildman–Crippen MR) is 73.1 cm³/mol. The van der Waals surface area contributed by atoms with E-state index in [2.05, 4.69) is 5.32 Å². The summed E-state index contributed by atoms with van der Waals surface area (Å²) in [6, 6.07) is 7.61. The van der Waals surface area contributed by atoms with Crippen molar-refractivity contribution in [3.63, 3.8) is 0 Å². The zero-order chi connectivity index (χ0) is 13.7. The van der Waals surface area contributed by atoms with Crippen molar-refractivity contribution in [3.8, 4) is 5.75 Å². The first-order valence-corrected chi connectivity index (χ1v) is 6.78. The minimum atomic E-state index is -0.445. The van der Waals surface area contributed by atoms with Crippen molar-refractivity contribution < 1.29 is 13.9 Å². The van der Waals surface area contributed by atoms with Crippen LogP contribution in [0, 0.1) is 5.82 Å². The molecule has 1 amide bonds. The van der Waals surface area contributed by atoms with Gasteiger partial charge < -0.3 is 10.1 Å². The molecule has 0 spiro atoms. The van der Waals surface area contributed by atoms with Crippen LogP contribution < -0.4 is 10.1 Å². The van der Waals surface area contributed by atoms with Gasteiger partial charge in [0.1, 0.15) is 11.6 Å². The van der Waals surface area contributed by atoms with Crippen LogP contribution in [0.15, 0.2) is 35.7 Å². The van der Waals surface area contributed by atoms with Gasteiger partial charge in [0.25, 0.3) is 5.91 Å². The smallest absolute Gasteiger partial charge is 0.258 e. The average molecular weight is 300 g/mol. The second kappa shape index (κ2) is 6.54. The summed E-state index contributed by atoms with van der Waals surface area (Å²) in [5.74, 6) is -0.414. The summed E-state index contributed by atoms with van der Waals surface area (Å²) in [5, 5.41) is 4.80. The Hall–Kier alpha value is -1.59. The third-order valence-corrected chi connectivity index (χ3v) is 3.46. The van der Waals surface area contributed by atoms with E-state index >= 15 is 0 Å². The molecule has 6 heteroatoms. The van der Waals surface area contributed by atoms with Crippen molar-refractivity contribution in [3.05, 3.63) is 51.4 Å². The van der Waals surface area contributed by atoms with Gasteiger partial charge in [0.2, 0.25) is 0 Å². The highest BCUT2D eigenvalue weighted by molar-refractivity contribution is 7.09. The van der Waals surface area contributed by atoms with Crippen molar-refractivity contribution in [1.29, 1.82) is 0 Å². The minimum Gasteiger partial charge on any atom is -0.482 e. The lowest BCUT2D eigenvalue weighted by Gasteiger charge is -2.08. The van der Waals surface area contributed by atoms with Crippen molar-refractivity contribution in [1.82, 2.24) is 5.32 Å². The molecule has 1 N–H and O–H groups in total. The largest absolute Gasteiger partial charge is 0.482 e. The quantitative estimate of drug-likeness (QED) is 0.920. The molecule has 1 aromatic heterocycles. The minimum absolute atomic E-state index is 0.144. The van der Waals surface area contributed by atoms with Crippen molar-refractivity contribution >= 4 is 28.8 Å². The summed E-state index contributed by atoms with van der Waals surface area (Å²) in [7, 11) is 0. The summed E-state index contributed by atoms with van der Waals surface area (Å²) in [4.78, 5) is 12.6. The molecule has 3 nitrogen and oxygen atoms in total. The highest BCUT2D eigenvalue weighted by Gasteiger charge is 2.07. The fraction of sp³-hybridized carbons (Fsp3) is 0.154. The van der Waals surface area contributed by atoms with E-state index in [0.29, 0.717) is 6.54 Å². The first-order chi connectivity index (χ1) is 9.15. The maximum Gasteiger partial charge on any atom is 0.258 e. The summed E-state index contributed by atoms with van der Waals surface area (Å²) < 4.78 is 18.0. The molecule has 2 aromatic rings. The number of nitrogens with one attached hydrogen (secondary N) is 1. The molecular weight excluding hydrogens is 289 g/mol. The molecule has 0 saturated heterocycles. The number of carbonyl (C=O) groups excluding carboxylic acids is 1. The second-order valence-electron chi connectivity index (χ2n) is 3.72. The summed E-state index contributed by atoms with van der Waals surface area (Å²) >= 11 is 7.34. The third-order valence-electron chi connectivity index (χ3n) is 2.29. The molecule has 0 aliphatic rings. The lowest BCUT2D eigenvalue weighted by atomic mass is 10.3. The maximum atomic E-state index is 12.8. The van der Waals surface area contributed by atoms with E-state index in [0.717, 1.165) is 10.9 Å². The van der Waals surface area contributed by atoms with E-state index < -0.39 is 5.82 Å². The van der Waals surface area contributed by atoms with Crippen LogP contribution in [0.25, 0.3) is 0 Å². The first kappa shape index (κ1) is 13.8. The Kier molecular flexibility index (Phi) is 4.76. The lowest BCUT2D eigenvalue weighted by Crippen LogP contribution is -2.28. The van der Waals surface area contributed by atoms with E-state index in [1.807, 2.05) is 17.5 Å². The van der Waals surface area contributed by atoms with Crippen LogP contribution in [-0.2, 0) is 11.3 Å². The number of hydrogen-bond acceptors (Lipinski definition) is 3. The average Bonchev–Trinajstić information content (AvgIpc) is 2.88.